The van der Waals surface area contributed by atoms with Crippen LogP contribution in [0.5, 0.6) is 0 Å². The molecule has 0 amide bonds. The highest BCUT2D eigenvalue weighted by molar-refractivity contribution is 7.91. The fourth-order valence-corrected chi connectivity index (χ4v) is 3.47. The number of hydrogen-bond acceptors (Lipinski definition) is 4. The van der Waals surface area contributed by atoms with Gasteiger partial charge in [-0.2, -0.15) is 0 Å². The molecule has 0 spiro atoms. The Bertz CT molecular complexity index is 337. The molecule has 1 N–H and O–H groups in total. The van der Waals surface area contributed by atoms with Crippen molar-refractivity contribution in [2.75, 3.05) is 37.7 Å². The molecule has 4 nitrogen and oxygen atoms in total. The molecule has 108 valence electrons. The Hall–Kier alpha value is -0.130. The van der Waals surface area contributed by atoms with Crippen LogP contribution < -0.4 is 5.32 Å². The highest BCUT2D eigenvalue weighted by atomic mass is 32.2. The van der Waals surface area contributed by atoms with Gasteiger partial charge in [-0.3, -0.25) is 0 Å². The number of rotatable bonds is 7. The monoisotopic (exact) mass is 276 g/mol. The van der Waals surface area contributed by atoms with Crippen molar-refractivity contribution in [2.24, 2.45) is 0 Å². The molecule has 1 aliphatic heterocycles. The summed E-state index contributed by atoms with van der Waals surface area (Å²) in [6, 6.07) is 0. The molecule has 1 fully saturated rings. The molecule has 0 unspecified atom stereocenters. The Labute approximate surface area is 112 Å². The molecule has 5 heteroatoms. The highest BCUT2D eigenvalue weighted by Gasteiger charge is 2.31. The normalized spacial score (nSPS) is 21.1. The van der Waals surface area contributed by atoms with Gasteiger partial charge in [-0.1, -0.05) is 20.8 Å². The number of piperazine rings is 1. The van der Waals surface area contributed by atoms with Gasteiger partial charge in [0.1, 0.15) is 9.84 Å². The van der Waals surface area contributed by atoms with Crippen molar-refractivity contribution >= 4 is 9.84 Å². The Morgan fingerprint density at radius 3 is 2.44 bits per heavy atom. The van der Waals surface area contributed by atoms with Gasteiger partial charge < -0.3 is 10.2 Å². The van der Waals surface area contributed by atoms with E-state index in [1.165, 1.54) is 0 Å². The first-order chi connectivity index (χ1) is 8.47. The minimum atomic E-state index is -2.80. The van der Waals surface area contributed by atoms with Gasteiger partial charge in [-0.05, 0) is 25.8 Å². The van der Waals surface area contributed by atoms with Gasteiger partial charge in [-0.25, -0.2) is 8.42 Å². The number of nitrogens with zero attached hydrogens (tertiary/aromatic N) is 1. The third-order valence-electron chi connectivity index (χ3n) is 4.18. The summed E-state index contributed by atoms with van der Waals surface area (Å²) in [6.45, 7) is 10.2. The minimum Gasteiger partial charge on any atom is -0.309 e. The predicted octanol–water partition coefficient (Wildman–Crippen LogP) is 1.28. The molecule has 1 saturated heterocycles. The maximum absolute atomic E-state index is 11.4. The van der Waals surface area contributed by atoms with Crippen LogP contribution >= 0.6 is 0 Å². The van der Waals surface area contributed by atoms with Crippen molar-refractivity contribution in [2.45, 2.75) is 45.6 Å². The first-order valence-corrected chi connectivity index (χ1v) is 8.97. The minimum absolute atomic E-state index is 0.238. The van der Waals surface area contributed by atoms with E-state index in [1.807, 2.05) is 0 Å². The predicted molar refractivity (Wildman–Crippen MR) is 76.7 cm³/mol. The van der Waals surface area contributed by atoms with E-state index in [2.05, 4.69) is 24.1 Å². The fraction of sp³-hybridized carbons (Fsp3) is 1.00. The maximum Gasteiger partial charge on any atom is 0.150 e. The van der Waals surface area contributed by atoms with Crippen molar-refractivity contribution in [1.82, 2.24) is 10.2 Å². The number of sulfone groups is 1. The standard InChI is InChI=1S/C13H28N2O2S/c1-4-13(5-2)12-15(10-8-14-13)9-7-11-18(16,17)6-3/h14H,4-12H2,1-3H3. The summed E-state index contributed by atoms with van der Waals surface area (Å²) < 4.78 is 22.9. The zero-order chi connectivity index (χ0) is 13.6. The lowest BCUT2D eigenvalue weighted by Gasteiger charge is -2.43. The molecule has 0 aliphatic carbocycles. The van der Waals surface area contributed by atoms with Crippen molar-refractivity contribution < 1.29 is 8.42 Å². The van der Waals surface area contributed by atoms with Crippen LogP contribution in [0.15, 0.2) is 0 Å². The molecule has 0 radical (unpaired) electrons. The third-order valence-corrected chi connectivity index (χ3v) is 5.97. The Kier molecular flexibility index (Phi) is 6.08. The topological polar surface area (TPSA) is 49.4 Å². The lowest BCUT2D eigenvalue weighted by Crippen LogP contribution is -2.59. The molecular formula is C13H28N2O2S. The van der Waals surface area contributed by atoms with Gasteiger partial charge in [-0.15, -0.1) is 0 Å². The van der Waals surface area contributed by atoms with Crippen molar-refractivity contribution in [3.63, 3.8) is 0 Å². The molecule has 0 aromatic heterocycles. The third kappa shape index (κ3) is 4.52. The summed E-state index contributed by atoms with van der Waals surface area (Å²) in [5, 5.41) is 3.62. The lowest BCUT2D eigenvalue weighted by atomic mass is 9.90. The molecule has 0 aromatic carbocycles. The Morgan fingerprint density at radius 2 is 1.89 bits per heavy atom. The molecule has 0 bridgehead atoms. The van der Waals surface area contributed by atoms with Crippen LogP contribution in [0.4, 0.5) is 0 Å². The molecular weight excluding hydrogens is 248 g/mol. The van der Waals surface area contributed by atoms with Crippen LogP contribution in [0.3, 0.4) is 0 Å². The molecule has 0 atom stereocenters. The Balaban J connectivity index is 2.39. The van der Waals surface area contributed by atoms with E-state index in [1.54, 1.807) is 6.92 Å². The molecule has 1 rings (SSSR count). The maximum atomic E-state index is 11.4. The summed E-state index contributed by atoms with van der Waals surface area (Å²) in [7, 11) is -2.80. The zero-order valence-electron chi connectivity index (χ0n) is 12.0. The summed E-state index contributed by atoms with van der Waals surface area (Å²) in [6.07, 6.45) is 3.03. The first kappa shape index (κ1) is 15.9. The zero-order valence-corrected chi connectivity index (χ0v) is 12.9. The van der Waals surface area contributed by atoms with Crippen LogP contribution in [0.2, 0.25) is 0 Å². The van der Waals surface area contributed by atoms with E-state index in [0.29, 0.717) is 5.75 Å². The van der Waals surface area contributed by atoms with Crippen LogP contribution in [-0.4, -0.2) is 56.5 Å². The second-order valence-electron chi connectivity index (χ2n) is 5.28. The quantitative estimate of drug-likeness (QED) is 0.761. The second kappa shape index (κ2) is 6.87. The average Bonchev–Trinajstić information content (AvgIpc) is 2.39. The van der Waals surface area contributed by atoms with E-state index >= 15 is 0 Å². The SMILES string of the molecule is CCC1(CC)CN(CCCS(=O)(=O)CC)CCN1. The Morgan fingerprint density at radius 1 is 1.22 bits per heavy atom. The van der Waals surface area contributed by atoms with Gasteiger partial charge in [0.15, 0.2) is 0 Å². The molecule has 1 heterocycles. The fourth-order valence-electron chi connectivity index (χ4n) is 2.61. The molecule has 1 aliphatic rings. The van der Waals surface area contributed by atoms with E-state index < -0.39 is 9.84 Å². The van der Waals surface area contributed by atoms with Gasteiger partial charge in [0, 0.05) is 30.9 Å². The van der Waals surface area contributed by atoms with Crippen LogP contribution in [0.1, 0.15) is 40.0 Å². The van der Waals surface area contributed by atoms with E-state index in [9.17, 15) is 8.42 Å². The largest absolute Gasteiger partial charge is 0.309 e. The van der Waals surface area contributed by atoms with Crippen LogP contribution in [0, 0.1) is 0 Å². The molecule has 0 aromatic rings. The van der Waals surface area contributed by atoms with E-state index in [4.69, 9.17) is 0 Å². The van der Waals surface area contributed by atoms with Gasteiger partial charge >= 0.3 is 0 Å². The van der Waals surface area contributed by atoms with Gasteiger partial charge in [0.25, 0.3) is 0 Å². The smallest absolute Gasteiger partial charge is 0.150 e. The number of nitrogens with one attached hydrogen (secondary N) is 1. The average molecular weight is 276 g/mol. The summed E-state index contributed by atoms with van der Waals surface area (Å²) >= 11 is 0. The molecule has 18 heavy (non-hydrogen) atoms. The summed E-state index contributed by atoms with van der Waals surface area (Å²) in [4.78, 5) is 2.41. The van der Waals surface area contributed by atoms with E-state index in [-0.39, 0.29) is 11.3 Å². The number of hydrogen-bond donors (Lipinski definition) is 1. The second-order valence-corrected chi connectivity index (χ2v) is 7.75. The summed E-state index contributed by atoms with van der Waals surface area (Å²) in [5.74, 6) is 0.598. The van der Waals surface area contributed by atoms with Crippen LogP contribution in [-0.2, 0) is 9.84 Å². The van der Waals surface area contributed by atoms with Crippen LogP contribution in [0.25, 0.3) is 0 Å². The molecule has 0 saturated carbocycles. The highest BCUT2D eigenvalue weighted by Crippen LogP contribution is 2.19. The van der Waals surface area contributed by atoms with Crippen molar-refractivity contribution in [1.29, 1.82) is 0 Å². The van der Waals surface area contributed by atoms with Crippen molar-refractivity contribution in [3.8, 4) is 0 Å². The van der Waals surface area contributed by atoms with Gasteiger partial charge in [0.05, 0.1) is 5.75 Å². The van der Waals surface area contributed by atoms with Crippen molar-refractivity contribution in [3.05, 3.63) is 0 Å². The summed E-state index contributed by atoms with van der Waals surface area (Å²) in [5.41, 5.74) is 0.238. The lowest BCUT2D eigenvalue weighted by molar-refractivity contribution is 0.124. The first-order valence-electron chi connectivity index (χ1n) is 7.14. The van der Waals surface area contributed by atoms with E-state index in [0.717, 1.165) is 45.4 Å². The van der Waals surface area contributed by atoms with Gasteiger partial charge in [0.2, 0.25) is 0 Å².